The Morgan fingerprint density at radius 3 is 2.35 bits per heavy atom. The largest absolute Gasteiger partial charge is 0.491 e. The molecule has 1 aromatic rings. The van der Waals surface area contributed by atoms with Crippen molar-refractivity contribution in [3.05, 3.63) is 29.8 Å². The van der Waals surface area contributed by atoms with Crippen LogP contribution in [0.4, 0.5) is 0 Å². The van der Waals surface area contributed by atoms with Crippen LogP contribution < -0.4 is 4.74 Å². The molecule has 0 aromatic heterocycles. The third-order valence-corrected chi connectivity index (χ3v) is 3.50. The molecule has 0 spiro atoms. The molecule has 0 saturated heterocycles. The number of ether oxygens (including phenoxy) is 1. The molecule has 0 aliphatic rings. The Bertz CT molecular complexity index is 333. The predicted octanol–water partition coefficient (Wildman–Crippen LogP) is 3.35. The van der Waals surface area contributed by atoms with E-state index in [4.69, 9.17) is 16.3 Å². The Morgan fingerprint density at radius 2 is 1.88 bits per heavy atom. The van der Waals surface area contributed by atoms with Crippen molar-refractivity contribution in [3.63, 3.8) is 0 Å². The maximum Gasteiger partial charge on any atom is 0.119 e. The molecule has 1 unspecified atom stereocenters. The fraction of sp³-hybridized carbons (Fsp3) is 0.571. The van der Waals surface area contributed by atoms with Crippen LogP contribution in [0.25, 0.3) is 0 Å². The van der Waals surface area contributed by atoms with Gasteiger partial charge in [0, 0.05) is 0 Å². The van der Waals surface area contributed by atoms with Crippen molar-refractivity contribution in [2.45, 2.75) is 38.7 Å². The van der Waals surface area contributed by atoms with Gasteiger partial charge in [-0.05, 0) is 29.5 Å². The van der Waals surface area contributed by atoms with Crippen LogP contribution in [0.3, 0.4) is 0 Å². The Kier molecular flexibility index (Phi) is 5.29. The van der Waals surface area contributed by atoms with Crippen molar-refractivity contribution >= 4 is 11.6 Å². The van der Waals surface area contributed by atoms with Gasteiger partial charge >= 0.3 is 0 Å². The highest BCUT2D eigenvalue weighted by Gasteiger charge is 2.17. The number of hydrogen-bond donors (Lipinski definition) is 1. The topological polar surface area (TPSA) is 29.5 Å². The summed E-state index contributed by atoms with van der Waals surface area (Å²) in [6, 6.07) is 8.03. The molecule has 2 nitrogen and oxygen atoms in total. The van der Waals surface area contributed by atoms with Gasteiger partial charge in [0.2, 0.25) is 0 Å². The van der Waals surface area contributed by atoms with Crippen LogP contribution in [0, 0.1) is 0 Å². The molecule has 0 bridgehead atoms. The molecule has 96 valence electrons. The summed E-state index contributed by atoms with van der Waals surface area (Å²) in [5.41, 5.74) is 1.49. The molecular weight excluding hydrogens is 236 g/mol. The van der Waals surface area contributed by atoms with Gasteiger partial charge in [0.1, 0.15) is 18.5 Å². The number of aliphatic hydroxyl groups is 1. The predicted molar refractivity (Wildman–Crippen MR) is 72.0 cm³/mol. The van der Waals surface area contributed by atoms with Gasteiger partial charge in [-0.15, -0.1) is 11.6 Å². The standard InChI is InChI=1S/C14H21ClO2/c1-4-14(2,3)11-5-7-13(8-6-11)17-10-12(16)9-15/h5-8,12,16H,4,9-10H2,1-3H3. The maximum atomic E-state index is 9.28. The molecule has 0 fully saturated rings. The minimum Gasteiger partial charge on any atom is -0.491 e. The van der Waals surface area contributed by atoms with Crippen molar-refractivity contribution < 1.29 is 9.84 Å². The highest BCUT2D eigenvalue weighted by molar-refractivity contribution is 6.18. The summed E-state index contributed by atoms with van der Waals surface area (Å²) in [5, 5.41) is 9.28. The van der Waals surface area contributed by atoms with Crippen molar-refractivity contribution in [1.29, 1.82) is 0 Å². The third kappa shape index (κ3) is 4.21. The van der Waals surface area contributed by atoms with E-state index in [2.05, 4.69) is 32.9 Å². The van der Waals surface area contributed by atoms with E-state index in [0.717, 1.165) is 12.2 Å². The Labute approximate surface area is 109 Å². The lowest BCUT2D eigenvalue weighted by Gasteiger charge is -2.23. The van der Waals surface area contributed by atoms with Gasteiger partial charge in [0.25, 0.3) is 0 Å². The average molecular weight is 257 g/mol. The SMILES string of the molecule is CCC(C)(C)c1ccc(OCC(O)CCl)cc1. The summed E-state index contributed by atoms with van der Waals surface area (Å²) in [6.07, 6.45) is 0.487. The van der Waals surface area contributed by atoms with Crippen LogP contribution in [-0.2, 0) is 5.41 Å². The van der Waals surface area contributed by atoms with E-state index in [1.807, 2.05) is 12.1 Å². The van der Waals surface area contributed by atoms with Crippen molar-refractivity contribution in [2.75, 3.05) is 12.5 Å². The van der Waals surface area contributed by atoms with Crippen LogP contribution in [-0.4, -0.2) is 23.7 Å². The fourth-order valence-electron chi connectivity index (χ4n) is 1.44. The van der Waals surface area contributed by atoms with Gasteiger partial charge in [-0.25, -0.2) is 0 Å². The number of alkyl halides is 1. The van der Waals surface area contributed by atoms with Crippen LogP contribution >= 0.6 is 11.6 Å². The fourth-order valence-corrected chi connectivity index (χ4v) is 1.53. The Morgan fingerprint density at radius 1 is 1.29 bits per heavy atom. The van der Waals surface area contributed by atoms with E-state index in [1.165, 1.54) is 5.56 Å². The first-order valence-electron chi connectivity index (χ1n) is 5.97. The molecule has 0 radical (unpaired) electrons. The van der Waals surface area contributed by atoms with E-state index >= 15 is 0 Å². The molecule has 0 aliphatic carbocycles. The smallest absolute Gasteiger partial charge is 0.119 e. The number of halogens is 1. The molecule has 0 heterocycles. The Hall–Kier alpha value is -0.730. The molecule has 0 amide bonds. The lowest BCUT2D eigenvalue weighted by Crippen LogP contribution is -2.19. The molecule has 17 heavy (non-hydrogen) atoms. The second-order valence-electron chi connectivity index (χ2n) is 4.88. The third-order valence-electron chi connectivity index (χ3n) is 3.14. The molecule has 0 saturated carbocycles. The first kappa shape index (κ1) is 14.3. The minimum atomic E-state index is -0.608. The van der Waals surface area contributed by atoms with Crippen molar-refractivity contribution in [1.82, 2.24) is 0 Å². The van der Waals surface area contributed by atoms with E-state index in [1.54, 1.807) is 0 Å². The number of aliphatic hydroxyl groups excluding tert-OH is 1. The van der Waals surface area contributed by atoms with Crippen LogP contribution in [0.15, 0.2) is 24.3 Å². The highest BCUT2D eigenvalue weighted by Crippen LogP contribution is 2.27. The van der Waals surface area contributed by atoms with E-state index in [-0.39, 0.29) is 17.9 Å². The summed E-state index contributed by atoms with van der Waals surface area (Å²) < 4.78 is 5.43. The Balaban J connectivity index is 2.62. The van der Waals surface area contributed by atoms with Crippen LogP contribution in [0.2, 0.25) is 0 Å². The summed E-state index contributed by atoms with van der Waals surface area (Å²) in [6.45, 7) is 6.86. The lowest BCUT2D eigenvalue weighted by atomic mass is 9.82. The van der Waals surface area contributed by atoms with Crippen molar-refractivity contribution in [2.24, 2.45) is 0 Å². The zero-order chi connectivity index (χ0) is 12.9. The summed E-state index contributed by atoms with van der Waals surface area (Å²) >= 11 is 5.49. The molecule has 1 N–H and O–H groups in total. The van der Waals surface area contributed by atoms with E-state index in [0.29, 0.717) is 0 Å². The van der Waals surface area contributed by atoms with E-state index in [9.17, 15) is 5.11 Å². The lowest BCUT2D eigenvalue weighted by molar-refractivity contribution is 0.125. The molecular formula is C14H21ClO2. The second kappa shape index (κ2) is 6.27. The molecule has 1 atom stereocenters. The van der Waals surface area contributed by atoms with Crippen LogP contribution in [0.5, 0.6) is 5.75 Å². The molecule has 1 rings (SSSR count). The zero-order valence-electron chi connectivity index (χ0n) is 10.7. The molecule has 0 aliphatic heterocycles. The summed E-state index contributed by atoms with van der Waals surface area (Å²) in [4.78, 5) is 0. The quantitative estimate of drug-likeness (QED) is 0.791. The average Bonchev–Trinajstić information content (AvgIpc) is 2.36. The number of rotatable bonds is 6. The van der Waals surface area contributed by atoms with E-state index < -0.39 is 6.10 Å². The van der Waals surface area contributed by atoms with Crippen LogP contribution in [0.1, 0.15) is 32.8 Å². The van der Waals surface area contributed by atoms with Gasteiger partial charge in [0.05, 0.1) is 5.88 Å². The second-order valence-corrected chi connectivity index (χ2v) is 5.19. The van der Waals surface area contributed by atoms with Gasteiger partial charge < -0.3 is 9.84 Å². The number of benzene rings is 1. The monoisotopic (exact) mass is 256 g/mol. The molecule has 1 aromatic carbocycles. The molecule has 3 heteroatoms. The van der Waals surface area contributed by atoms with Gasteiger partial charge in [0.15, 0.2) is 0 Å². The first-order valence-corrected chi connectivity index (χ1v) is 6.50. The van der Waals surface area contributed by atoms with Crippen molar-refractivity contribution in [3.8, 4) is 5.75 Å². The summed E-state index contributed by atoms with van der Waals surface area (Å²) in [5.74, 6) is 0.964. The first-order chi connectivity index (χ1) is 7.99. The zero-order valence-corrected chi connectivity index (χ0v) is 11.5. The highest BCUT2D eigenvalue weighted by atomic mass is 35.5. The van der Waals surface area contributed by atoms with Gasteiger partial charge in [-0.2, -0.15) is 0 Å². The maximum absolute atomic E-state index is 9.28. The summed E-state index contributed by atoms with van der Waals surface area (Å²) in [7, 11) is 0. The normalized spacial score (nSPS) is 13.5. The van der Waals surface area contributed by atoms with Gasteiger partial charge in [-0.3, -0.25) is 0 Å². The van der Waals surface area contributed by atoms with Gasteiger partial charge in [-0.1, -0.05) is 32.9 Å². The minimum absolute atomic E-state index is 0.189. The number of hydrogen-bond acceptors (Lipinski definition) is 2.